The molecule has 0 aliphatic rings. The standard InChI is InChI=1S/C13H19FO2/c1-3-4-6-11-7-5-8-12(14)13(11)16-10(2)9-15/h5,7-8,10,15H,3-4,6,9H2,1-2H3/t10-/m1/s1. The smallest absolute Gasteiger partial charge is 0.165 e. The molecule has 1 aromatic carbocycles. The number of hydrogen-bond donors (Lipinski definition) is 1. The minimum atomic E-state index is -0.378. The molecule has 2 nitrogen and oxygen atoms in total. The molecule has 0 aliphatic heterocycles. The number of benzene rings is 1. The van der Waals surface area contributed by atoms with E-state index in [0.29, 0.717) is 0 Å². The molecule has 1 atom stereocenters. The highest BCUT2D eigenvalue weighted by atomic mass is 19.1. The van der Waals surface area contributed by atoms with Crippen LogP contribution in [0.2, 0.25) is 0 Å². The Labute approximate surface area is 96.1 Å². The molecule has 90 valence electrons. The molecular formula is C13H19FO2. The highest BCUT2D eigenvalue weighted by molar-refractivity contribution is 5.35. The predicted molar refractivity (Wildman–Crippen MR) is 62.2 cm³/mol. The molecule has 16 heavy (non-hydrogen) atoms. The van der Waals surface area contributed by atoms with Crippen LogP contribution in [0.3, 0.4) is 0 Å². The van der Waals surface area contributed by atoms with Crippen molar-refractivity contribution >= 4 is 0 Å². The van der Waals surface area contributed by atoms with Gasteiger partial charge >= 0.3 is 0 Å². The summed E-state index contributed by atoms with van der Waals surface area (Å²) in [6.07, 6.45) is 2.50. The number of para-hydroxylation sites is 1. The van der Waals surface area contributed by atoms with Gasteiger partial charge in [0.1, 0.15) is 6.10 Å². The minimum Gasteiger partial charge on any atom is -0.485 e. The summed E-state index contributed by atoms with van der Waals surface area (Å²) in [5, 5.41) is 8.91. The number of hydrogen-bond acceptors (Lipinski definition) is 2. The summed E-state index contributed by atoms with van der Waals surface area (Å²) < 4.78 is 19.0. The third-order valence-corrected chi connectivity index (χ3v) is 2.42. The summed E-state index contributed by atoms with van der Waals surface area (Å²) in [6, 6.07) is 4.95. The van der Waals surface area contributed by atoms with Crippen molar-refractivity contribution in [3.8, 4) is 5.75 Å². The van der Waals surface area contributed by atoms with Gasteiger partial charge in [-0.25, -0.2) is 4.39 Å². The van der Waals surface area contributed by atoms with Gasteiger partial charge < -0.3 is 9.84 Å². The number of aryl methyl sites for hydroxylation is 1. The first-order chi connectivity index (χ1) is 7.69. The Morgan fingerprint density at radius 2 is 2.19 bits per heavy atom. The molecule has 0 saturated heterocycles. The topological polar surface area (TPSA) is 29.5 Å². The Balaban J connectivity index is 2.85. The lowest BCUT2D eigenvalue weighted by Crippen LogP contribution is -2.18. The molecule has 0 radical (unpaired) electrons. The van der Waals surface area contributed by atoms with Crippen LogP contribution in [0.4, 0.5) is 4.39 Å². The SMILES string of the molecule is CCCCc1cccc(F)c1O[C@H](C)CO. The number of halogens is 1. The van der Waals surface area contributed by atoms with Gasteiger partial charge in [0.15, 0.2) is 11.6 Å². The van der Waals surface area contributed by atoms with Crippen LogP contribution in [-0.4, -0.2) is 17.8 Å². The van der Waals surface area contributed by atoms with Crippen molar-refractivity contribution in [2.75, 3.05) is 6.61 Å². The number of rotatable bonds is 6. The van der Waals surface area contributed by atoms with E-state index < -0.39 is 0 Å². The molecule has 3 heteroatoms. The van der Waals surface area contributed by atoms with Gasteiger partial charge in [0.25, 0.3) is 0 Å². The largest absolute Gasteiger partial charge is 0.485 e. The van der Waals surface area contributed by atoms with Gasteiger partial charge in [0, 0.05) is 0 Å². The lowest BCUT2D eigenvalue weighted by atomic mass is 10.1. The maximum absolute atomic E-state index is 13.6. The molecule has 0 fully saturated rings. The molecule has 0 heterocycles. The highest BCUT2D eigenvalue weighted by Crippen LogP contribution is 2.25. The zero-order chi connectivity index (χ0) is 12.0. The van der Waals surface area contributed by atoms with E-state index in [1.54, 1.807) is 13.0 Å². The van der Waals surface area contributed by atoms with E-state index in [4.69, 9.17) is 9.84 Å². The van der Waals surface area contributed by atoms with Gasteiger partial charge in [0.05, 0.1) is 6.61 Å². The second kappa shape index (κ2) is 6.48. The Morgan fingerprint density at radius 1 is 1.44 bits per heavy atom. The van der Waals surface area contributed by atoms with E-state index in [1.165, 1.54) is 6.07 Å². The maximum atomic E-state index is 13.6. The number of ether oxygens (including phenoxy) is 1. The van der Waals surface area contributed by atoms with E-state index in [0.717, 1.165) is 24.8 Å². The molecule has 0 amide bonds. The summed E-state index contributed by atoms with van der Waals surface area (Å²) in [5.74, 6) is -0.0635. The van der Waals surface area contributed by atoms with Gasteiger partial charge in [-0.15, -0.1) is 0 Å². The zero-order valence-corrected chi connectivity index (χ0v) is 9.87. The van der Waals surface area contributed by atoms with Crippen molar-refractivity contribution in [2.24, 2.45) is 0 Å². The fraction of sp³-hybridized carbons (Fsp3) is 0.538. The van der Waals surface area contributed by atoms with Crippen LogP contribution < -0.4 is 4.74 Å². The van der Waals surface area contributed by atoms with Crippen LogP contribution in [0.15, 0.2) is 18.2 Å². The first-order valence-corrected chi connectivity index (χ1v) is 5.74. The van der Waals surface area contributed by atoms with Gasteiger partial charge in [-0.1, -0.05) is 25.5 Å². The van der Waals surface area contributed by atoms with Crippen molar-refractivity contribution < 1.29 is 14.2 Å². The van der Waals surface area contributed by atoms with Crippen LogP contribution in [0.1, 0.15) is 32.3 Å². The minimum absolute atomic E-state index is 0.110. The number of aliphatic hydroxyl groups excluding tert-OH is 1. The molecule has 0 aromatic heterocycles. The van der Waals surface area contributed by atoms with E-state index in [9.17, 15) is 4.39 Å². The Hall–Kier alpha value is -1.09. The van der Waals surface area contributed by atoms with Crippen LogP contribution in [0.5, 0.6) is 5.75 Å². The molecular weight excluding hydrogens is 207 g/mol. The monoisotopic (exact) mass is 226 g/mol. The highest BCUT2D eigenvalue weighted by Gasteiger charge is 2.12. The average molecular weight is 226 g/mol. The lowest BCUT2D eigenvalue weighted by Gasteiger charge is -2.16. The lowest BCUT2D eigenvalue weighted by molar-refractivity contribution is 0.124. The molecule has 0 spiro atoms. The van der Waals surface area contributed by atoms with Gasteiger partial charge in [-0.3, -0.25) is 0 Å². The summed E-state index contributed by atoms with van der Waals surface area (Å²) in [6.45, 7) is 3.70. The van der Waals surface area contributed by atoms with Crippen LogP contribution in [0, 0.1) is 5.82 Å². The van der Waals surface area contributed by atoms with Crippen LogP contribution in [-0.2, 0) is 6.42 Å². The molecule has 1 N–H and O–H groups in total. The molecule has 0 saturated carbocycles. The second-order valence-corrected chi connectivity index (χ2v) is 3.94. The summed E-state index contributed by atoms with van der Waals surface area (Å²) in [4.78, 5) is 0. The Bertz CT molecular complexity index is 326. The summed E-state index contributed by atoms with van der Waals surface area (Å²) in [7, 11) is 0. The van der Waals surface area contributed by atoms with Crippen molar-refractivity contribution in [3.05, 3.63) is 29.6 Å². The maximum Gasteiger partial charge on any atom is 0.165 e. The zero-order valence-electron chi connectivity index (χ0n) is 9.87. The van der Waals surface area contributed by atoms with Crippen molar-refractivity contribution in [2.45, 2.75) is 39.2 Å². The van der Waals surface area contributed by atoms with E-state index in [1.807, 2.05) is 6.07 Å². The van der Waals surface area contributed by atoms with E-state index in [-0.39, 0.29) is 24.3 Å². The number of unbranched alkanes of at least 4 members (excludes halogenated alkanes) is 1. The van der Waals surface area contributed by atoms with Gasteiger partial charge in [-0.2, -0.15) is 0 Å². The first-order valence-electron chi connectivity index (χ1n) is 5.74. The molecule has 0 bridgehead atoms. The third-order valence-electron chi connectivity index (χ3n) is 2.42. The van der Waals surface area contributed by atoms with Gasteiger partial charge in [0.2, 0.25) is 0 Å². The third kappa shape index (κ3) is 3.49. The van der Waals surface area contributed by atoms with Crippen molar-refractivity contribution in [3.63, 3.8) is 0 Å². The van der Waals surface area contributed by atoms with Crippen LogP contribution >= 0.6 is 0 Å². The average Bonchev–Trinajstić information content (AvgIpc) is 2.29. The normalized spacial score (nSPS) is 12.5. The fourth-order valence-corrected chi connectivity index (χ4v) is 1.49. The van der Waals surface area contributed by atoms with E-state index in [2.05, 4.69) is 6.92 Å². The fourth-order valence-electron chi connectivity index (χ4n) is 1.49. The second-order valence-electron chi connectivity index (χ2n) is 3.94. The summed E-state index contributed by atoms with van der Waals surface area (Å²) >= 11 is 0. The van der Waals surface area contributed by atoms with Crippen molar-refractivity contribution in [1.29, 1.82) is 0 Å². The Morgan fingerprint density at radius 3 is 2.81 bits per heavy atom. The predicted octanol–water partition coefficient (Wildman–Crippen LogP) is 2.93. The molecule has 0 unspecified atom stereocenters. The van der Waals surface area contributed by atoms with E-state index >= 15 is 0 Å². The van der Waals surface area contributed by atoms with Crippen molar-refractivity contribution in [1.82, 2.24) is 0 Å². The molecule has 1 rings (SSSR count). The van der Waals surface area contributed by atoms with Gasteiger partial charge in [-0.05, 0) is 31.4 Å². The quantitative estimate of drug-likeness (QED) is 0.808. The molecule has 1 aromatic rings. The Kier molecular flexibility index (Phi) is 5.26. The number of aliphatic hydroxyl groups is 1. The summed E-state index contributed by atoms with van der Waals surface area (Å²) in [5.41, 5.74) is 0.877. The first kappa shape index (κ1) is 13.0. The molecule has 0 aliphatic carbocycles. The van der Waals surface area contributed by atoms with Crippen LogP contribution in [0.25, 0.3) is 0 Å².